The molecule has 0 saturated heterocycles. The number of nitrogens with zero attached hydrogens (tertiary/aromatic N) is 1. The van der Waals surface area contributed by atoms with Crippen LogP contribution in [-0.4, -0.2) is 32.7 Å². The highest BCUT2D eigenvalue weighted by atomic mass is 35.5. The second-order valence-electron chi connectivity index (χ2n) is 3.38. The largest absolute Gasteiger partial charge is 0.452 e. The van der Waals surface area contributed by atoms with Crippen LogP contribution < -0.4 is 15.2 Å². The van der Waals surface area contributed by atoms with Crippen molar-refractivity contribution >= 4 is 39.4 Å². The van der Waals surface area contributed by atoms with Gasteiger partial charge in [0, 0.05) is 5.56 Å². The van der Waals surface area contributed by atoms with Crippen molar-refractivity contribution in [3.05, 3.63) is 28.8 Å². The molecule has 0 radical (unpaired) electrons. The van der Waals surface area contributed by atoms with Crippen LogP contribution in [0.1, 0.15) is 5.56 Å². The molecule has 20 heavy (non-hydrogen) atoms. The molecule has 1 rings (SSSR count). The van der Waals surface area contributed by atoms with Gasteiger partial charge in [-0.05, 0) is 18.2 Å². The Morgan fingerprint density at radius 1 is 1.50 bits per heavy atom. The fourth-order valence-electron chi connectivity index (χ4n) is 1.14. The van der Waals surface area contributed by atoms with Crippen LogP contribution in [0.25, 0.3) is 0 Å². The van der Waals surface area contributed by atoms with Gasteiger partial charge in [0.25, 0.3) is 0 Å². The summed E-state index contributed by atoms with van der Waals surface area (Å²) >= 11 is 5.84. The lowest BCUT2D eigenvalue weighted by atomic mass is 10.2. The van der Waals surface area contributed by atoms with Crippen molar-refractivity contribution in [2.45, 2.75) is 0 Å². The van der Waals surface area contributed by atoms with Gasteiger partial charge in [-0.1, -0.05) is 16.8 Å². The Kier molecular flexibility index (Phi) is 5.00. The van der Waals surface area contributed by atoms with E-state index in [1.54, 1.807) is 4.72 Å². The lowest BCUT2D eigenvalue weighted by Crippen LogP contribution is -2.35. The Morgan fingerprint density at radius 3 is 2.65 bits per heavy atom. The molecule has 0 unspecified atom stereocenters. The van der Waals surface area contributed by atoms with Gasteiger partial charge in [-0.2, -0.15) is 8.42 Å². The van der Waals surface area contributed by atoms with E-state index >= 15 is 0 Å². The van der Waals surface area contributed by atoms with E-state index in [1.165, 1.54) is 18.2 Å². The number of methoxy groups -OCH3 is 1. The number of oxime groups is 1. The normalized spacial score (nSPS) is 11.8. The summed E-state index contributed by atoms with van der Waals surface area (Å²) in [6.45, 7) is 0. The molecule has 0 aliphatic heterocycles. The van der Waals surface area contributed by atoms with E-state index in [4.69, 9.17) is 22.5 Å². The molecule has 0 aliphatic carbocycles. The molecule has 1 aromatic carbocycles. The minimum atomic E-state index is -4.18. The van der Waals surface area contributed by atoms with E-state index in [-0.39, 0.29) is 16.5 Å². The molecular formula is C9H11ClN4O5S. The molecule has 1 amide bonds. The predicted octanol–water partition coefficient (Wildman–Crippen LogP) is 0.447. The fraction of sp³-hybridized carbons (Fsp3) is 0.111. The van der Waals surface area contributed by atoms with Crippen LogP contribution in [-0.2, 0) is 14.9 Å². The topological polar surface area (TPSA) is 143 Å². The smallest absolute Gasteiger partial charge is 0.422 e. The molecule has 0 saturated carbocycles. The summed E-state index contributed by atoms with van der Waals surface area (Å²) in [5.41, 5.74) is 5.64. The first-order valence-corrected chi connectivity index (χ1v) is 6.81. The summed E-state index contributed by atoms with van der Waals surface area (Å²) in [5, 5.41) is 11.3. The number of amides is 1. The standard InChI is InChI=1S/C9H11ClN4O5S/c1-19-9(15)14-20(17,18)13-7-3-2-5(4-6(7)10)8(11)12-16/h2-4,13,16H,1H3,(H2,11,12)(H,14,15). The molecule has 9 nitrogen and oxygen atoms in total. The lowest BCUT2D eigenvalue weighted by molar-refractivity contribution is 0.177. The van der Waals surface area contributed by atoms with Crippen molar-refractivity contribution in [3.63, 3.8) is 0 Å². The highest BCUT2D eigenvalue weighted by Crippen LogP contribution is 2.23. The van der Waals surface area contributed by atoms with E-state index in [9.17, 15) is 13.2 Å². The van der Waals surface area contributed by atoms with Gasteiger partial charge in [0.1, 0.15) is 0 Å². The number of nitrogens with two attached hydrogens (primary N) is 1. The van der Waals surface area contributed by atoms with E-state index in [0.29, 0.717) is 5.56 Å². The van der Waals surface area contributed by atoms with Crippen molar-refractivity contribution in [2.24, 2.45) is 10.9 Å². The van der Waals surface area contributed by atoms with Crippen molar-refractivity contribution in [1.29, 1.82) is 0 Å². The van der Waals surface area contributed by atoms with Gasteiger partial charge >= 0.3 is 16.3 Å². The molecule has 110 valence electrons. The van der Waals surface area contributed by atoms with Gasteiger partial charge in [0.2, 0.25) is 0 Å². The van der Waals surface area contributed by atoms with Crippen LogP contribution in [0.5, 0.6) is 0 Å². The SMILES string of the molecule is COC(=O)NS(=O)(=O)Nc1ccc(/C(N)=N/O)cc1Cl. The number of anilines is 1. The van der Waals surface area contributed by atoms with Gasteiger partial charge < -0.3 is 15.7 Å². The third kappa shape index (κ3) is 4.17. The quantitative estimate of drug-likeness (QED) is 0.274. The maximum absolute atomic E-state index is 11.5. The zero-order valence-electron chi connectivity index (χ0n) is 10.1. The maximum atomic E-state index is 11.5. The fourth-order valence-corrected chi connectivity index (χ4v) is 2.24. The molecule has 0 fully saturated rings. The summed E-state index contributed by atoms with van der Waals surface area (Å²) in [6.07, 6.45) is -1.15. The minimum absolute atomic E-state index is 0.00226. The van der Waals surface area contributed by atoms with Crippen LogP contribution >= 0.6 is 11.6 Å². The van der Waals surface area contributed by atoms with Crippen LogP contribution in [0.2, 0.25) is 5.02 Å². The first-order chi connectivity index (χ1) is 9.29. The number of hydrogen-bond acceptors (Lipinski definition) is 6. The molecule has 1 aromatic rings. The Hall–Kier alpha value is -2.20. The van der Waals surface area contributed by atoms with Crippen molar-refractivity contribution in [2.75, 3.05) is 11.8 Å². The molecular weight excluding hydrogens is 312 g/mol. The summed E-state index contributed by atoms with van der Waals surface area (Å²) < 4.78 is 30.8. The molecule has 0 aromatic heterocycles. The van der Waals surface area contributed by atoms with Gasteiger partial charge in [-0.15, -0.1) is 0 Å². The maximum Gasteiger partial charge on any atom is 0.422 e. The van der Waals surface area contributed by atoms with E-state index in [1.807, 2.05) is 4.72 Å². The van der Waals surface area contributed by atoms with Crippen LogP contribution in [0.4, 0.5) is 10.5 Å². The van der Waals surface area contributed by atoms with Gasteiger partial charge in [0.15, 0.2) is 5.84 Å². The number of rotatable bonds is 4. The third-order valence-electron chi connectivity index (χ3n) is 2.02. The summed E-state index contributed by atoms with van der Waals surface area (Å²) in [5.74, 6) is -0.186. The Morgan fingerprint density at radius 2 is 2.15 bits per heavy atom. The molecule has 5 N–H and O–H groups in total. The molecule has 0 heterocycles. The highest BCUT2D eigenvalue weighted by Gasteiger charge is 2.16. The number of ether oxygens (including phenoxy) is 1. The summed E-state index contributed by atoms with van der Waals surface area (Å²) in [6, 6.07) is 3.94. The molecule has 0 aliphatic rings. The second-order valence-corrected chi connectivity index (χ2v) is 5.20. The van der Waals surface area contributed by atoms with E-state index < -0.39 is 16.3 Å². The Balaban J connectivity index is 2.97. The van der Waals surface area contributed by atoms with E-state index in [2.05, 4.69) is 9.89 Å². The Labute approximate surface area is 119 Å². The number of halogens is 1. The number of carbonyl (C=O) groups excluding carboxylic acids is 1. The van der Waals surface area contributed by atoms with Gasteiger partial charge in [-0.3, -0.25) is 4.72 Å². The molecule has 11 heteroatoms. The number of amidine groups is 1. The predicted molar refractivity (Wildman–Crippen MR) is 72.0 cm³/mol. The zero-order valence-corrected chi connectivity index (χ0v) is 11.7. The summed E-state index contributed by atoms with van der Waals surface area (Å²) in [7, 11) is -3.16. The van der Waals surface area contributed by atoms with E-state index in [0.717, 1.165) is 7.11 Å². The number of carbonyl (C=O) groups is 1. The lowest BCUT2D eigenvalue weighted by Gasteiger charge is -2.10. The summed E-state index contributed by atoms with van der Waals surface area (Å²) in [4.78, 5) is 10.8. The average Bonchev–Trinajstić information content (AvgIpc) is 2.39. The monoisotopic (exact) mass is 322 g/mol. The number of benzene rings is 1. The Bertz CT molecular complexity index is 646. The van der Waals surface area contributed by atoms with Crippen LogP contribution in [0, 0.1) is 0 Å². The van der Waals surface area contributed by atoms with Gasteiger partial charge in [0.05, 0.1) is 17.8 Å². The van der Waals surface area contributed by atoms with Crippen LogP contribution in [0.3, 0.4) is 0 Å². The second kappa shape index (κ2) is 6.30. The number of nitrogens with one attached hydrogen (secondary N) is 2. The minimum Gasteiger partial charge on any atom is -0.452 e. The van der Waals surface area contributed by atoms with Gasteiger partial charge in [-0.25, -0.2) is 9.52 Å². The molecule has 0 spiro atoms. The van der Waals surface area contributed by atoms with Crippen molar-refractivity contribution in [1.82, 2.24) is 4.72 Å². The zero-order chi connectivity index (χ0) is 15.3. The first-order valence-electron chi connectivity index (χ1n) is 4.95. The number of hydrogen-bond donors (Lipinski definition) is 4. The van der Waals surface area contributed by atoms with Crippen molar-refractivity contribution in [3.8, 4) is 0 Å². The first kappa shape index (κ1) is 15.9. The molecule has 0 atom stereocenters. The average molecular weight is 323 g/mol. The third-order valence-corrected chi connectivity index (χ3v) is 3.26. The van der Waals surface area contributed by atoms with Crippen molar-refractivity contribution < 1.29 is 23.2 Å². The highest BCUT2D eigenvalue weighted by molar-refractivity contribution is 7.91. The van der Waals surface area contributed by atoms with Crippen LogP contribution in [0.15, 0.2) is 23.4 Å². The molecule has 0 bridgehead atoms.